The van der Waals surface area contributed by atoms with Crippen LogP contribution in [0.15, 0.2) is 60.8 Å². The van der Waals surface area contributed by atoms with Crippen LogP contribution < -0.4 is 10.5 Å². The molecule has 0 radical (unpaired) electrons. The molecule has 0 aliphatic carbocycles. The molecule has 2 heterocycles. The van der Waals surface area contributed by atoms with E-state index in [1.165, 1.54) is 5.56 Å². The molecule has 3 aromatic rings. The highest BCUT2D eigenvalue weighted by Crippen LogP contribution is 2.29. The van der Waals surface area contributed by atoms with Crippen molar-refractivity contribution in [1.82, 2.24) is 9.47 Å². The summed E-state index contributed by atoms with van der Waals surface area (Å²) in [6, 6.07) is 18.6. The zero-order valence-corrected chi connectivity index (χ0v) is 15.4. The Kier molecular flexibility index (Phi) is 5.12. The summed E-state index contributed by atoms with van der Waals surface area (Å²) in [5.74, 6) is 0.543. The van der Waals surface area contributed by atoms with Crippen LogP contribution in [-0.2, 0) is 17.9 Å². The van der Waals surface area contributed by atoms with Crippen molar-refractivity contribution in [2.24, 2.45) is 5.73 Å². The first kappa shape index (κ1) is 17.6. The number of carbonyl (C=O) groups is 1. The molecule has 1 saturated heterocycles. The highest BCUT2D eigenvalue weighted by atomic mass is 16.5. The van der Waals surface area contributed by atoms with Crippen molar-refractivity contribution < 1.29 is 9.53 Å². The monoisotopic (exact) mass is 363 g/mol. The number of nitrogens with zero attached hydrogens (tertiary/aromatic N) is 2. The molecule has 0 unspecified atom stereocenters. The Morgan fingerprint density at radius 1 is 1.04 bits per heavy atom. The van der Waals surface area contributed by atoms with Crippen molar-refractivity contribution in [3.8, 4) is 5.75 Å². The first-order chi connectivity index (χ1) is 13.2. The van der Waals surface area contributed by atoms with Crippen molar-refractivity contribution in [2.75, 3.05) is 13.1 Å². The molecule has 1 aliphatic heterocycles. The number of fused-ring (bicyclic) bond motifs is 1. The summed E-state index contributed by atoms with van der Waals surface area (Å²) < 4.78 is 8.20. The quantitative estimate of drug-likeness (QED) is 0.732. The summed E-state index contributed by atoms with van der Waals surface area (Å²) in [4.78, 5) is 13.7. The summed E-state index contributed by atoms with van der Waals surface area (Å²) in [5.41, 5.74) is 7.67. The minimum absolute atomic E-state index is 0.185. The molecule has 0 bridgehead atoms. The van der Waals surface area contributed by atoms with Gasteiger partial charge in [-0.25, -0.2) is 0 Å². The molecule has 1 aliphatic rings. The van der Waals surface area contributed by atoms with E-state index in [1.807, 2.05) is 35.0 Å². The number of aromatic nitrogens is 1. The minimum atomic E-state index is -0.343. The molecule has 2 aromatic carbocycles. The van der Waals surface area contributed by atoms with E-state index in [9.17, 15) is 4.79 Å². The molecule has 2 N–H and O–H groups in total. The molecule has 4 rings (SSSR count). The van der Waals surface area contributed by atoms with E-state index in [-0.39, 0.29) is 18.6 Å². The van der Waals surface area contributed by atoms with Gasteiger partial charge in [0.15, 0.2) is 0 Å². The van der Waals surface area contributed by atoms with Crippen LogP contribution in [-0.4, -0.2) is 34.6 Å². The second-order valence-electron chi connectivity index (χ2n) is 7.18. The fourth-order valence-electron chi connectivity index (χ4n) is 3.81. The molecule has 1 amide bonds. The van der Waals surface area contributed by atoms with E-state index in [1.54, 1.807) is 0 Å². The van der Waals surface area contributed by atoms with E-state index in [4.69, 9.17) is 10.5 Å². The summed E-state index contributed by atoms with van der Waals surface area (Å²) in [6.07, 6.45) is 4.16. The van der Waals surface area contributed by atoms with Crippen LogP contribution in [0.4, 0.5) is 0 Å². The SMILES string of the molecule is NC(=O)Cn1ccc2c(OC3CCN(Cc4ccccc4)CC3)cccc21. The van der Waals surface area contributed by atoms with Crippen LogP contribution in [0, 0.1) is 0 Å². The standard InChI is InChI=1S/C22H25N3O2/c23-22(26)16-25-14-11-19-20(25)7-4-8-21(19)27-18-9-12-24(13-10-18)15-17-5-2-1-3-6-17/h1-8,11,14,18H,9-10,12-13,15-16H2,(H2,23,26). The van der Waals surface area contributed by atoms with Crippen LogP contribution in [0.2, 0.25) is 0 Å². The van der Waals surface area contributed by atoms with Crippen LogP contribution in [0.1, 0.15) is 18.4 Å². The highest BCUT2D eigenvalue weighted by Gasteiger charge is 2.21. The number of amides is 1. The third-order valence-electron chi connectivity index (χ3n) is 5.18. The maximum absolute atomic E-state index is 11.2. The fraction of sp³-hybridized carbons (Fsp3) is 0.318. The van der Waals surface area contributed by atoms with Gasteiger partial charge in [0.2, 0.25) is 5.91 Å². The number of primary amides is 1. The number of piperidine rings is 1. The molecule has 0 atom stereocenters. The summed E-state index contributed by atoms with van der Waals surface area (Å²) in [5, 5.41) is 1.03. The Morgan fingerprint density at radius 2 is 1.81 bits per heavy atom. The van der Waals surface area contributed by atoms with Gasteiger partial charge in [-0.2, -0.15) is 0 Å². The van der Waals surface area contributed by atoms with E-state index < -0.39 is 0 Å². The summed E-state index contributed by atoms with van der Waals surface area (Å²) in [7, 11) is 0. The zero-order chi connectivity index (χ0) is 18.6. The van der Waals surface area contributed by atoms with E-state index in [2.05, 4.69) is 35.2 Å². The van der Waals surface area contributed by atoms with Crippen LogP contribution >= 0.6 is 0 Å². The van der Waals surface area contributed by atoms with E-state index >= 15 is 0 Å². The molecule has 5 nitrogen and oxygen atoms in total. The average Bonchev–Trinajstić information content (AvgIpc) is 3.08. The predicted molar refractivity (Wildman–Crippen MR) is 107 cm³/mol. The smallest absolute Gasteiger partial charge is 0.237 e. The lowest BCUT2D eigenvalue weighted by Crippen LogP contribution is -2.37. The van der Waals surface area contributed by atoms with Crippen molar-refractivity contribution >= 4 is 16.8 Å². The van der Waals surface area contributed by atoms with Crippen LogP contribution in [0.25, 0.3) is 10.9 Å². The zero-order valence-electron chi connectivity index (χ0n) is 15.4. The molecule has 0 spiro atoms. The van der Waals surface area contributed by atoms with Gasteiger partial charge >= 0.3 is 0 Å². The second-order valence-corrected chi connectivity index (χ2v) is 7.18. The van der Waals surface area contributed by atoms with Gasteiger partial charge in [-0.3, -0.25) is 9.69 Å². The Balaban J connectivity index is 1.39. The van der Waals surface area contributed by atoms with Gasteiger partial charge in [0, 0.05) is 31.2 Å². The number of carbonyl (C=O) groups excluding carboxylic acids is 1. The average molecular weight is 363 g/mol. The maximum Gasteiger partial charge on any atom is 0.237 e. The van der Waals surface area contributed by atoms with Gasteiger partial charge in [0.1, 0.15) is 18.4 Å². The van der Waals surface area contributed by atoms with E-state index in [0.29, 0.717) is 0 Å². The fourth-order valence-corrected chi connectivity index (χ4v) is 3.81. The minimum Gasteiger partial charge on any atom is -0.490 e. The molecule has 5 heteroatoms. The third-order valence-corrected chi connectivity index (χ3v) is 5.18. The van der Waals surface area contributed by atoms with Gasteiger partial charge < -0.3 is 15.0 Å². The number of rotatable bonds is 6. The first-order valence-electron chi connectivity index (χ1n) is 9.48. The lowest BCUT2D eigenvalue weighted by Gasteiger charge is -2.32. The van der Waals surface area contributed by atoms with Gasteiger partial charge in [0.05, 0.1) is 5.52 Å². The number of hydrogen-bond acceptors (Lipinski definition) is 3. The third kappa shape index (κ3) is 4.14. The number of likely N-dealkylation sites (tertiary alicyclic amines) is 1. The summed E-state index contributed by atoms with van der Waals surface area (Å²) >= 11 is 0. The van der Waals surface area contributed by atoms with E-state index in [0.717, 1.165) is 49.1 Å². The van der Waals surface area contributed by atoms with Crippen LogP contribution in [0.3, 0.4) is 0 Å². The van der Waals surface area contributed by atoms with Crippen molar-refractivity contribution in [1.29, 1.82) is 0 Å². The first-order valence-corrected chi connectivity index (χ1v) is 9.48. The van der Waals surface area contributed by atoms with Gasteiger partial charge in [-0.05, 0) is 36.6 Å². The number of nitrogens with two attached hydrogens (primary N) is 1. The molecular formula is C22H25N3O2. The largest absolute Gasteiger partial charge is 0.490 e. The lowest BCUT2D eigenvalue weighted by molar-refractivity contribution is -0.118. The number of benzene rings is 2. The topological polar surface area (TPSA) is 60.5 Å². The normalized spacial score (nSPS) is 15.9. The Morgan fingerprint density at radius 3 is 2.56 bits per heavy atom. The molecular weight excluding hydrogens is 338 g/mol. The van der Waals surface area contributed by atoms with Crippen molar-refractivity contribution in [2.45, 2.75) is 32.0 Å². The van der Waals surface area contributed by atoms with Gasteiger partial charge in [-0.15, -0.1) is 0 Å². The highest BCUT2D eigenvalue weighted by molar-refractivity contribution is 5.87. The predicted octanol–water partition coefficient (Wildman–Crippen LogP) is 3.17. The maximum atomic E-state index is 11.2. The molecule has 1 aromatic heterocycles. The number of hydrogen-bond donors (Lipinski definition) is 1. The Hall–Kier alpha value is -2.79. The molecule has 1 fully saturated rings. The van der Waals surface area contributed by atoms with Crippen LogP contribution in [0.5, 0.6) is 5.75 Å². The van der Waals surface area contributed by atoms with Crippen molar-refractivity contribution in [3.05, 3.63) is 66.4 Å². The van der Waals surface area contributed by atoms with Gasteiger partial charge in [-0.1, -0.05) is 36.4 Å². The van der Waals surface area contributed by atoms with Gasteiger partial charge in [0.25, 0.3) is 0 Å². The molecule has 27 heavy (non-hydrogen) atoms. The Bertz CT molecular complexity index is 912. The summed E-state index contributed by atoms with van der Waals surface area (Å²) in [6.45, 7) is 3.26. The Labute approximate surface area is 159 Å². The van der Waals surface area contributed by atoms with Crippen molar-refractivity contribution in [3.63, 3.8) is 0 Å². The molecule has 0 saturated carbocycles. The number of ether oxygens (including phenoxy) is 1. The molecule has 140 valence electrons. The second kappa shape index (κ2) is 7.84. The lowest BCUT2D eigenvalue weighted by atomic mass is 10.1.